The molecule has 0 aliphatic heterocycles. The molecule has 7 nitrogen and oxygen atoms in total. The van der Waals surface area contributed by atoms with Crippen LogP contribution in [0, 0.1) is 0 Å². The van der Waals surface area contributed by atoms with Crippen molar-refractivity contribution in [2.75, 3.05) is 5.32 Å². The highest BCUT2D eigenvalue weighted by molar-refractivity contribution is 6.02. The number of carbonyl (C=O) groups is 2. The Hall–Kier alpha value is -2.80. The highest BCUT2D eigenvalue weighted by Gasteiger charge is 2.12. The molecule has 0 aliphatic carbocycles. The van der Waals surface area contributed by atoms with Crippen LogP contribution in [0.25, 0.3) is 0 Å². The molecule has 1 heterocycles. The Labute approximate surface area is 120 Å². The molecule has 1 amide bonds. The van der Waals surface area contributed by atoms with Gasteiger partial charge in [0.25, 0.3) is 5.91 Å². The minimum atomic E-state index is -1.05. The average molecular weight is 286 g/mol. The normalized spacial score (nSPS) is 11.7. The van der Waals surface area contributed by atoms with Crippen molar-refractivity contribution in [2.24, 2.45) is 5.73 Å². The molecule has 1 atom stereocenters. The van der Waals surface area contributed by atoms with Crippen molar-refractivity contribution in [3.8, 4) is 0 Å². The molecule has 4 N–H and O–H groups in total. The van der Waals surface area contributed by atoms with Gasteiger partial charge in [0.1, 0.15) is 11.7 Å². The van der Waals surface area contributed by atoms with Crippen LogP contribution >= 0.6 is 0 Å². The first-order chi connectivity index (χ1) is 10.1. The van der Waals surface area contributed by atoms with Crippen LogP contribution in [0.1, 0.15) is 16.1 Å². The second-order valence-electron chi connectivity index (χ2n) is 4.39. The minimum absolute atomic E-state index is 0.217. The van der Waals surface area contributed by atoms with Gasteiger partial charge in [-0.25, -0.2) is 4.98 Å². The van der Waals surface area contributed by atoms with Crippen molar-refractivity contribution < 1.29 is 14.7 Å². The van der Waals surface area contributed by atoms with Gasteiger partial charge < -0.3 is 16.2 Å². The lowest BCUT2D eigenvalue weighted by Gasteiger charge is -2.08. The van der Waals surface area contributed by atoms with Crippen molar-refractivity contribution in [1.29, 1.82) is 0 Å². The molecule has 108 valence electrons. The van der Waals surface area contributed by atoms with E-state index in [0.717, 1.165) is 5.56 Å². The van der Waals surface area contributed by atoms with E-state index in [0.29, 0.717) is 5.69 Å². The Morgan fingerprint density at radius 1 is 1.24 bits per heavy atom. The van der Waals surface area contributed by atoms with E-state index in [1.165, 1.54) is 18.6 Å². The number of hydrogen-bond donors (Lipinski definition) is 3. The molecule has 0 spiro atoms. The summed E-state index contributed by atoms with van der Waals surface area (Å²) in [5.41, 5.74) is 7.04. The smallest absolute Gasteiger partial charge is 0.320 e. The SMILES string of the molecule is NC(Cc1ccc(NC(=O)c2cnccn2)cc1)C(=O)O. The maximum absolute atomic E-state index is 11.9. The van der Waals surface area contributed by atoms with Gasteiger partial charge in [0.15, 0.2) is 0 Å². The lowest BCUT2D eigenvalue weighted by molar-refractivity contribution is -0.138. The molecule has 0 aliphatic rings. The summed E-state index contributed by atoms with van der Waals surface area (Å²) in [4.78, 5) is 30.2. The Bertz CT molecular complexity index is 628. The second kappa shape index (κ2) is 6.58. The third kappa shape index (κ3) is 4.08. The zero-order chi connectivity index (χ0) is 15.2. The lowest BCUT2D eigenvalue weighted by atomic mass is 10.1. The Morgan fingerprint density at radius 3 is 2.52 bits per heavy atom. The van der Waals surface area contributed by atoms with Crippen LogP contribution < -0.4 is 11.1 Å². The van der Waals surface area contributed by atoms with Gasteiger partial charge in [0, 0.05) is 18.1 Å². The van der Waals surface area contributed by atoms with Gasteiger partial charge in [-0.2, -0.15) is 0 Å². The maximum Gasteiger partial charge on any atom is 0.320 e. The van der Waals surface area contributed by atoms with Crippen molar-refractivity contribution >= 4 is 17.6 Å². The number of nitrogens with one attached hydrogen (secondary N) is 1. The highest BCUT2D eigenvalue weighted by Crippen LogP contribution is 2.12. The summed E-state index contributed by atoms with van der Waals surface area (Å²) < 4.78 is 0. The Kier molecular flexibility index (Phi) is 4.57. The first-order valence-electron chi connectivity index (χ1n) is 6.21. The lowest BCUT2D eigenvalue weighted by Crippen LogP contribution is -2.32. The van der Waals surface area contributed by atoms with E-state index in [4.69, 9.17) is 10.8 Å². The van der Waals surface area contributed by atoms with E-state index >= 15 is 0 Å². The van der Waals surface area contributed by atoms with Gasteiger partial charge in [-0.05, 0) is 24.1 Å². The predicted octanol–water partition coefficient (Wildman–Crippen LogP) is 0.683. The zero-order valence-corrected chi connectivity index (χ0v) is 11.1. The summed E-state index contributed by atoms with van der Waals surface area (Å²) in [5.74, 6) is -1.41. The molecule has 21 heavy (non-hydrogen) atoms. The summed E-state index contributed by atoms with van der Waals surface area (Å²) in [6.07, 6.45) is 4.52. The number of benzene rings is 1. The number of carboxylic acids is 1. The van der Waals surface area contributed by atoms with E-state index < -0.39 is 12.0 Å². The molecular formula is C14H14N4O3. The standard InChI is InChI=1S/C14H14N4O3/c15-11(14(20)21)7-9-1-3-10(4-2-9)18-13(19)12-8-16-5-6-17-12/h1-6,8,11H,7,15H2,(H,18,19)(H,20,21). The molecular weight excluding hydrogens is 272 g/mol. The fourth-order valence-corrected chi connectivity index (χ4v) is 1.68. The average Bonchev–Trinajstić information content (AvgIpc) is 2.50. The number of aromatic nitrogens is 2. The van der Waals surface area contributed by atoms with Gasteiger partial charge in [-0.3, -0.25) is 14.6 Å². The number of carbonyl (C=O) groups excluding carboxylic acids is 1. The molecule has 0 bridgehead atoms. The summed E-state index contributed by atoms with van der Waals surface area (Å²) in [6, 6.07) is 5.85. The Morgan fingerprint density at radius 2 is 1.95 bits per heavy atom. The molecule has 7 heteroatoms. The summed E-state index contributed by atoms with van der Waals surface area (Å²) in [5, 5.41) is 11.4. The fourth-order valence-electron chi connectivity index (χ4n) is 1.68. The van der Waals surface area contributed by atoms with E-state index in [1.807, 2.05) is 0 Å². The van der Waals surface area contributed by atoms with Gasteiger partial charge in [0.05, 0.1) is 6.20 Å². The van der Waals surface area contributed by atoms with Crippen molar-refractivity contribution in [3.05, 3.63) is 54.1 Å². The third-order valence-electron chi connectivity index (χ3n) is 2.78. The van der Waals surface area contributed by atoms with Crippen LogP contribution in [-0.2, 0) is 11.2 Å². The molecule has 2 aromatic rings. The monoisotopic (exact) mass is 286 g/mol. The van der Waals surface area contributed by atoms with Gasteiger partial charge in [-0.15, -0.1) is 0 Å². The van der Waals surface area contributed by atoms with E-state index in [-0.39, 0.29) is 18.0 Å². The number of aliphatic carboxylic acids is 1. The van der Waals surface area contributed by atoms with Crippen molar-refractivity contribution in [3.63, 3.8) is 0 Å². The van der Waals surface area contributed by atoms with Crippen LogP contribution in [-0.4, -0.2) is 33.0 Å². The predicted molar refractivity (Wildman–Crippen MR) is 75.7 cm³/mol. The fraction of sp³-hybridized carbons (Fsp3) is 0.143. The molecule has 1 aromatic carbocycles. The van der Waals surface area contributed by atoms with Crippen LogP contribution in [0.4, 0.5) is 5.69 Å². The van der Waals surface area contributed by atoms with Crippen molar-refractivity contribution in [2.45, 2.75) is 12.5 Å². The number of carboxylic acid groups (broad SMARTS) is 1. The summed E-state index contributed by atoms with van der Waals surface area (Å²) in [7, 11) is 0. The number of nitrogens with zero attached hydrogens (tertiary/aromatic N) is 2. The molecule has 2 rings (SSSR count). The van der Waals surface area contributed by atoms with Crippen LogP contribution in [0.3, 0.4) is 0 Å². The van der Waals surface area contributed by atoms with Crippen LogP contribution in [0.5, 0.6) is 0 Å². The highest BCUT2D eigenvalue weighted by atomic mass is 16.4. The zero-order valence-electron chi connectivity index (χ0n) is 11.1. The molecule has 0 saturated heterocycles. The number of nitrogens with two attached hydrogens (primary N) is 1. The molecule has 0 fully saturated rings. The van der Waals surface area contributed by atoms with E-state index in [1.54, 1.807) is 24.3 Å². The first kappa shape index (κ1) is 14.6. The summed E-state index contributed by atoms with van der Waals surface area (Å²) >= 11 is 0. The number of rotatable bonds is 5. The summed E-state index contributed by atoms with van der Waals surface area (Å²) in [6.45, 7) is 0. The molecule has 0 saturated carbocycles. The largest absolute Gasteiger partial charge is 0.480 e. The number of hydrogen-bond acceptors (Lipinski definition) is 5. The molecule has 0 radical (unpaired) electrons. The van der Waals surface area contributed by atoms with Gasteiger partial charge >= 0.3 is 5.97 Å². The second-order valence-corrected chi connectivity index (χ2v) is 4.39. The molecule has 1 unspecified atom stereocenters. The topological polar surface area (TPSA) is 118 Å². The number of amides is 1. The van der Waals surface area contributed by atoms with Gasteiger partial charge in [-0.1, -0.05) is 12.1 Å². The molecule has 1 aromatic heterocycles. The van der Waals surface area contributed by atoms with E-state index in [2.05, 4.69) is 15.3 Å². The van der Waals surface area contributed by atoms with Gasteiger partial charge in [0.2, 0.25) is 0 Å². The minimum Gasteiger partial charge on any atom is -0.480 e. The first-order valence-corrected chi connectivity index (χ1v) is 6.21. The Balaban J connectivity index is 2.00. The third-order valence-corrected chi connectivity index (χ3v) is 2.78. The van der Waals surface area contributed by atoms with Crippen molar-refractivity contribution in [1.82, 2.24) is 9.97 Å². The van der Waals surface area contributed by atoms with Crippen LogP contribution in [0.15, 0.2) is 42.9 Å². The van der Waals surface area contributed by atoms with E-state index in [9.17, 15) is 9.59 Å². The van der Waals surface area contributed by atoms with Crippen LogP contribution in [0.2, 0.25) is 0 Å². The maximum atomic E-state index is 11.9. The number of anilines is 1. The quantitative estimate of drug-likeness (QED) is 0.744.